The Bertz CT molecular complexity index is 250. The summed E-state index contributed by atoms with van der Waals surface area (Å²) in [5.74, 6) is 0.353. The number of piperazine rings is 1. The SMILES string of the molecule is CCCCCCCCCC(=O)N1CCN(CCN)CC1. The summed E-state index contributed by atoms with van der Waals surface area (Å²) in [4.78, 5) is 16.5. The quantitative estimate of drug-likeness (QED) is 0.626. The standard InChI is InChI=1S/C16H33N3O/c1-2-3-4-5-6-7-8-9-16(20)19-14-12-18(11-10-17)13-15-19/h2-15,17H2,1H3. The molecule has 4 nitrogen and oxygen atoms in total. The maximum Gasteiger partial charge on any atom is 0.222 e. The molecule has 0 saturated carbocycles. The van der Waals surface area contributed by atoms with Gasteiger partial charge in [0.05, 0.1) is 0 Å². The second-order valence-corrected chi connectivity index (χ2v) is 5.88. The molecule has 1 fully saturated rings. The van der Waals surface area contributed by atoms with E-state index >= 15 is 0 Å². The third-order valence-corrected chi connectivity index (χ3v) is 4.16. The predicted octanol–water partition coefficient (Wildman–Crippen LogP) is 2.23. The highest BCUT2D eigenvalue weighted by atomic mass is 16.2. The third-order valence-electron chi connectivity index (χ3n) is 4.16. The summed E-state index contributed by atoms with van der Waals surface area (Å²) in [6.07, 6.45) is 9.65. The van der Waals surface area contributed by atoms with Crippen molar-refractivity contribution in [2.45, 2.75) is 58.3 Å². The van der Waals surface area contributed by atoms with E-state index < -0.39 is 0 Å². The summed E-state index contributed by atoms with van der Waals surface area (Å²) in [5, 5.41) is 0. The fraction of sp³-hybridized carbons (Fsp3) is 0.938. The largest absolute Gasteiger partial charge is 0.340 e. The van der Waals surface area contributed by atoms with E-state index in [2.05, 4.69) is 11.8 Å². The zero-order chi connectivity index (χ0) is 14.6. The van der Waals surface area contributed by atoms with Gasteiger partial charge in [0.15, 0.2) is 0 Å². The summed E-state index contributed by atoms with van der Waals surface area (Å²) in [7, 11) is 0. The Morgan fingerprint density at radius 2 is 1.55 bits per heavy atom. The van der Waals surface area contributed by atoms with Gasteiger partial charge in [0, 0.05) is 45.7 Å². The minimum atomic E-state index is 0.353. The van der Waals surface area contributed by atoms with E-state index in [1.54, 1.807) is 0 Å². The van der Waals surface area contributed by atoms with Gasteiger partial charge in [0.2, 0.25) is 5.91 Å². The predicted molar refractivity (Wildman–Crippen MR) is 84.7 cm³/mol. The topological polar surface area (TPSA) is 49.6 Å². The molecule has 0 aromatic carbocycles. The second-order valence-electron chi connectivity index (χ2n) is 5.88. The zero-order valence-electron chi connectivity index (χ0n) is 13.3. The van der Waals surface area contributed by atoms with Crippen molar-refractivity contribution < 1.29 is 4.79 Å². The molecule has 0 atom stereocenters. The second kappa shape index (κ2) is 11.1. The van der Waals surface area contributed by atoms with E-state index in [1.165, 1.54) is 38.5 Å². The Hall–Kier alpha value is -0.610. The highest BCUT2D eigenvalue weighted by Gasteiger charge is 2.19. The molecule has 1 aliphatic rings. The van der Waals surface area contributed by atoms with E-state index in [1.807, 2.05) is 4.90 Å². The van der Waals surface area contributed by atoms with E-state index in [0.717, 1.165) is 45.6 Å². The van der Waals surface area contributed by atoms with Gasteiger partial charge in [-0.3, -0.25) is 9.69 Å². The maximum absolute atomic E-state index is 12.1. The van der Waals surface area contributed by atoms with Crippen LogP contribution in [0.4, 0.5) is 0 Å². The molecule has 1 aliphatic heterocycles. The van der Waals surface area contributed by atoms with E-state index in [0.29, 0.717) is 12.5 Å². The molecular weight excluding hydrogens is 250 g/mol. The Labute approximate surface area is 124 Å². The van der Waals surface area contributed by atoms with Gasteiger partial charge in [-0.05, 0) is 6.42 Å². The molecule has 0 unspecified atom stereocenters. The van der Waals surface area contributed by atoms with Crippen LogP contribution in [0.3, 0.4) is 0 Å². The Balaban J connectivity index is 2.00. The molecule has 1 saturated heterocycles. The molecule has 20 heavy (non-hydrogen) atoms. The van der Waals surface area contributed by atoms with Crippen molar-refractivity contribution in [2.75, 3.05) is 39.3 Å². The lowest BCUT2D eigenvalue weighted by molar-refractivity contribution is -0.133. The first-order valence-electron chi connectivity index (χ1n) is 8.48. The molecule has 4 heteroatoms. The van der Waals surface area contributed by atoms with Crippen LogP contribution >= 0.6 is 0 Å². The average molecular weight is 283 g/mol. The molecule has 0 aliphatic carbocycles. The van der Waals surface area contributed by atoms with Crippen LogP contribution in [0.15, 0.2) is 0 Å². The summed E-state index contributed by atoms with van der Waals surface area (Å²) in [6.45, 7) is 7.66. The number of rotatable bonds is 10. The molecule has 118 valence electrons. The highest BCUT2D eigenvalue weighted by Crippen LogP contribution is 2.10. The Morgan fingerprint density at radius 1 is 0.950 bits per heavy atom. The highest BCUT2D eigenvalue weighted by molar-refractivity contribution is 5.76. The minimum absolute atomic E-state index is 0.353. The van der Waals surface area contributed by atoms with E-state index in [9.17, 15) is 4.79 Å². The van der Waals surface area contributed by atoms with Crippen LogP contribution in [0.2, 0.25) is 0 Å². The maximum atomic E-state index is 12.1. The van der Waals surface area contributed by atoms with Gasteiger partial charge in [0.25, 0.3) is 0 Å². The van der Waals surface area contributed by atoms with Crippen LogP contribution in [0.1, 0.15) is 58.3 Å². The molecular formula is C16H33N3O. The number of unbranched alkanes of at least 4 members (excludes halogenated alkanes) is 6. The molecule has 0 aromatic heterocycles. The molecule has 1 rings (SSSR count). The van der Waals surface area contributed by atoms with Crippen molar-refractivity contribution in [3.05, 3.63) is 0 Å². The van der Waals surface area contributed by atoms with Gasteiger partial charge >= 0.3 is 0 Å². The van der Waals surface area contributed by atoms with Gasteiger partial charge in [-0.2, -0.15) is 0 Å². The van der Waals surface area contributed by atoms with Crippen molar-refractivity contribution in [3.8, 4) is 0 Å². The molecule has 1 heterocycles. The monoisotopic (exact) mass is 283 g/mol. The average Bonchev–Trinajstić information content (AvgIpc) is 2.47. The number of nitrogens with zero attached hydrogens (tertiary/aromatic N) is 2. The molecule has 0 radical (unpaired) electrons. The van der Waals surface area contributed by atoms with Crippen LogP contribution in [-0.2, 0) is 4.79 Å². The van der Waals surface area contributed by atoms with E-state index in [4.69, 9.17) is 5.73 Å². The van der Waals surface area contributed by atoms with Gasteiger partial charge < -0.3 is 10.6 Å². The molecule has 1 amide bonds. The summed E-state index contributed by atoms with van der Waals surface area (Å²) in [6, 6.07) is 0. The summed E-state index contributed by atoms with van der Waals surface area (Å²) in [5.41, 5.74) is 5.56. The van der Waals surface area contributed by atoms with Crippen LogP contribution in [0.25, 0.3) is 0 Å². The lowest BCUT2D eigenvalue weighted by Gasteiger charge is -2.34. The first-order valence-corrected chi connectivity index (χ1v) is 8.48. The van der Waals surface area contributed by atoms with Crippen molar-refractivity contribution in [1.82, 2.24) is 9.80 Å². The molecule has 0 bridgehead atoms. The number of amides is 1. The smallest absolute Gasteiger partial charge is 0.222 e. The third kappa shape index (κ3) is 7.25. The molecule has 0 spiro atoms. The van der Waals surface area contributed by atoms with Crippen molar-refractivity contribution in [3.63, 3.8) is 0 Å². The molecule has 0 aromatic rings. The van der Waals surface area contributed by atoms with Gasteiger partial charge in [-0.15, -0.1) is 0 Å². The number of carbonyl (C=O) groups excluding carboxylic acids is 1. The fourth-order valence-electron chi connectivity index (χ4n) is 2.79. The van der Waals surface area contributed by atoms with Crippen LogP contribution in [-0.4, -0.2) is 55.0 Å². The van der Waals surface area contributed by atoms with Gasteiger partial charge in [-0.25, -0.2) is 0 Å². The fourth-order valence-corrected chi connectivity index (χ4v) is 2.79. The minimum Gasteiger partial charge on any atom is -0.340 e. The Morgan fingerprint density at radius 3 is 2.15 bits per heavy atom. The zero-order valence-corrected chi connectivity index (χ0v) is 13.3. The van der Waals surface area contributed by atoms with Crippen molar-refractivity contribution >= 4 is 5.91 Å². The number of hydrogen-bond donors (Lipinski definition) is 1. The van der Waals surface area contributed by atoms with Crippen LogP contribution < -0.4 is 5.73 Å². The van der Waals surface area contributed by atoms with Crippen molar-refractivity contribution in [1.29, 1.82) is 0 Å². The first-order chi connectivity index (χ1) is 9.77. The molecule has 2 N–H and O–H groups in total. The summed E-state index contributed by atoms with van der Waals surface area (Å²) >= 11 is 0. The van der Waals surface area contributed by atoms with Gasteiger partial charge in [0.1, 0.15) is 0 Å². The lowest BCUT2D eigenvalue weighted by atomic mass is 10.1. The Kier molecular flexibility index (Phi) is 9.67. The number of nitrogens with two attached hydrogens (primary N) is 1. The lowest BCUT2D eigenvalue weighted by Crippen LogP contribution is -2.49. The van der Waals surface area contributed by atoms with E-state index in [-0.39, 0.29) is 0 Å². The summed E-state index contributed by atoms with van der Waals surface area (Å²) < 4.78 is 0. The normalized spacial score (nSPS) is 16.6. The number of carbonyl (C=O) groups is 1. The van der Waals surface area contributed by atoms with Gasteiger partial charge in [-0.1, -0.05) is 45.4 Å². The van der Waals surface area contributed by atoms with Crippen molar-refractivity contribution in [2.24, 2.45) is 5.73 Å². The number of hydrogen-bond acceptors (Lipinski definition) is 3. The van der Waals surface area contributed by atoms with Crippen LogP contribution in [0.5, 0.6) is 0 Å². The van der Waals surface area contributed by atoms with Crippen LogP contribution in [0, 0.1) is 0 Å². The first kappa shape index (κ1) is 17.4.